The van der Waals surface area contributed by atoms with Crippen LogP contribution in [0.3, 0.4) is 0 Å². The van der Waals surface area contributed by atoms with Gasteiger partial charge in [0.15, 0.2) is 0 Å². The highest BCUT2D eigenvalue weighted by molar-refractivity contribution is 9.11. The van der Waals surface area contributed by atoms with Crippen molar-refractivity contribution in [2.24, 2.45) is 5.41 Å². The van der Waals surface area contributed by atoms with Crippen LogP contribution in [0, 0.1) is 5.41 Å². The molecule has 0 spiro atoms. The van der Waals surface area contributed by atoms with Gasteiger partial charge in [-0.25, -0.2) is 0 Å². The first kappa shape index (κ1) is 12.2. The molecule has 0 aliphatic heterocycles. The van der Waals surface area contributed by atoms with Gasteiger partial charge in [0.05, 0.1) is 0 Å². The van der Waals surface area contributed by atoms with Crippen molar-refractivity contribution in [3.63, 3.8) is 0 Å². The molecule has 0 bridgehead atoms. The first-order chi connectivity index (χ1) is 9.59. The van der Waals surface area contributed by atoms with Crippen LogP contribution in [-0.4, -0.2) is 0 Å². The predicted octanol–water partition coefficient (Wildman–Crippen LogP) is 4.03. The Morgan fingerprint density at radius 1 is 0.950 bits per heavy atom. The Morgan fingerprint density at radius 2 is 1.75 bits per heavy atom. The van der Waals surface area contributed by atoms with Crippen molar-refractivity contribution in [2.75, 3.05) is 0 Å². The molecular weight excluding hydrogens is 308 g/mol. The number of benzene rings is 2. The summed E-state index contributed by atoms with van der Waals surface area (Å²) in [6.45, 7) is 4.57. The van der Waals surface area contributed by atoms with Gasteiger partial charge in [0.2, 0.25) is 0 Å². The molecule has 0 heterocycles. The summed E-state index contributed by atoms with van der Waals surface area (Å²) < 4.78 is 1.25. The molecule has 0 unspecified atom stereocenters. The number of rotatable bonds is 0. The third-order valence-corrected chi connectivity index (χ3v) is 5.72. The summed E-state index contributed by atoms with van der Waals surface area (Å²) in [5.41, 5.74) is 2.83. The van der Waals surface area contributed by atoms with Crippen LogP contribution in [0.25, 0.3) is 22.4 Å². The van der Waals surface area contributed by atoms with Crippen molar-refractivity contribution >= 4 is 38.4 Å². The lowest BCUT2D eigenvalue weighted by molar-refractivity contribution is 0.635. The topological polar surface area (TPSA) is 0 Å². The fourth-order valence-corrected chi connectivity index (χ4v) is 3.70. The van der Waals surface area contributed by atoms with E-state index in [9.17, 15) is 0 Å². The van der Waals surface area contributed by atoms with Crippen molar-refractivity contribution in [3.8, 4) is 0 Å². The molecule has 2 aromatic rings. The Hall–Kier alpha value is -1.60. The van der Waals surface area contributed by atoms with E-state index in [0.717, 1.165) is 0 Å². The fraction of sp³-hybridized carbons (Fsp3) is 0.158. The summed E-state index contributed by atoms with van der Waals surface area (Å²) in [5, 5.41) is 5.41. The van der Waals surface area contributed by atoms with Gasteiger partial charge in [-0.3, -0.25) is 0 Å². The maximum Gasteiger partial charge on any atom is 0.0224 e. The predicted molar refractivity (Wildman–Crippen MR) is 89.9 cm³/mol. The third kappa shape index (κ3) is 1.47. The normalized spacial score (nSPS) is 19.1. The van der Waals surface area contributed by atoms with Gasteiger partial charge < -0.3 is 0 Å². The summed E-state index contributed by atoms with van der Waals surface area (Å²) >= 11 is 3.73. The lowest BCUT2D eigenvalue weighted by Crippen LogP contribution is -2.29. The highest BCUT2D eigenvalue weighted by Gasteiger charge is 2.33. The molecule has 2 aliphatic rings. The molecule has 0 N–H and O–H groups in total. The Kier molecular flexibility index (Phi) is 2.41. The second-order valence-corrected chi connectivity index (χ2v) is 6.88. The Balaban J connectivity index is 2.22. The van der Waals surface area contributed by atoms with E-state index < -0.39 is 0 Å². The third-order valence-electron chi connectivity index (χ3n) is 4.46. The lowest BCUT2D eigenvalue weighted by atomic mass is 9.77. The lowest BCUT2D eigenvalue weighted by Gasteiger charge is -2.30. The second-order valence-electron chi connectivity index (χ2n) is 6.03. The van der Waals surface area contributed by atoms with E-state index in [2.05, 4.69) is 84.4 Å². The van der Waals surface area contributed by atoms with E-state index in [-0.39, 0.29) is 5.41 Å². The van der Waals surface area contributed by atoms with E-state index in [1.165, 1.54) is 36.8 Å². The van der Waals surface area contributed by atoms with Gasteiger partial charge in [0.25, 0.3) is 0 Å². The molecule has 0 amide bonds. The van der Waals surface area contributed by atoms with Crippen LogP contribution in [0.2, 0.25) is 0 Å². The average Bonchev–Trinajstić information content (AvgIpc) is 2.83. The molecule has 2 aliphatic carbocycles. The quantitative estimate of drug-likeness (QED) is 0.687. The maximum absolute atomic E-state index is 3.73. The van der Waals surface area contributed by atoms with Crippen LogP contribution >= 0.6 is 15.9 Å². The SMILES string of the molecule is CC1(C)C(Br)=CC=C2C=c3c(ccc4ccccc34)=C21. The van der Waals surface area contributed by atoms with Gasteiger partial charge in [-0.05, 0) is 38.4 Å². The molecule has 0 nitrogen and oxygen atoms in total. The fourth-order valence-electron chi connectivity index (χ4n) is 3.37. The van der Waals surface area contributed by atoms with Gasteiger partial charge in [-0.1, -0.05) is 78.3 Å². The Labute approximate surface area is 126 Å². The summed E-state index contributed by atoms with van der Waals surface area (Å²) in [4.78, 5) is 0. The largest absolute Gasteiger partial charge is 0.0616 e. The zero-order valence-corrected chi connectivity index (χ0v) is 13.2. The molecular formula is C19H15Br. The van der Waals surface area contributed by atoms with Crippen molar-refractivity contribution < 1.29 is 0 Å². The van der Waals surface area contributed by atoms with Gasteiger partial charge in [0, 0.05) is 9.90 Å². The number of fused-ring (bicyclic) bond motifs is 4. The van der Waals surface area contributed by atoms with Crippen LogP contribution < -0.4 is 10.4 Å². The zero-order chi connectivity index (χ0) is 13.9. The summed E-state index contributed by atoms with van der Waals surface area (Å²) in [6, 6.07) is 13.1. The highest BCUT2D eigenvalue weighted by Crippen LogP contribution is 2.46. The molecule has 0 saturated carbocycles. The second kappa shape index (κ2) is 3.95. The minimum Gasteiger partial charge on any atom is -0.0616 e. The van der Waals surface area contributed by atoms with Crippen molar-refractivity contribution in [3.05, 3.63) is 69.0 Å². The van der Waals surface area contributed by atoms with E-state index in [1.807, 2.05) is 0 Å². The maximum atomic E-state index is 3.73. The molecule has 4 rings (SSSR count). The highest BCUT2D eigenvalue weighted by atomic mass is 79.9. The molecule has 98 valence electrons. The van der Waals surface area contributed by atoms with Gasteiger partial charge >= 0.3 is 0 Å². The standard InChI is InChI=1S/C19H15Br/c1-19(2)17(20)10-8-13-11-16-14-6-4-3-5-12(14)7-9-15(16)18(13)19/h3-11H,1-2H3. The van der Waals surface area contributed by atoms with Crippen LogP contribution in [0.15, 0.2) is 58.6 Å². The molecule has 20 heavy (non-hydrogen) atoms. The molecule has 0 aromatic heterocycles. The van der Waals surface area contributed by atoms with E-state index >= 15 is 0 Å². The van der Waals surface area contributed by atoms with Gasteiger partial charge in [-0.2, -0.15) is 0 Å². The number of hydrogen-bond donors (Lipinski definition) is 0. The van der Waals surface area contributed by atoms with Gasteiger partial charge in [-0.15, -0.1) is 0 Å². The smallest absolute Gasteiger partial charge is 0.0224 e. The summed E-state index contributed by atoms with van der Waals surface area (Å²) in [6.07, 6.45) is 6.74. The first-order valence-electron chi connectivity index (χ1n) is 6.92. The van der Waals surface area contributed by atoms with E-state index in [0.29, 0.717) is 0 Å². The zero-order valence-electron chi connectivity index (χ0n) is 11.6. The van der Waals surface area contributed by atoms with Crippen molar-refractivity contribution in [2.45, 2.75) is 13.8 Å². The monoisotopic (exact) mass is 322 g/mol. The van der Waals surface area contributed by atoms with Crippen LogP contribution in [0.1, 0.15) is 13.8 Å². The Bertz CT molecular complexity index is 924. The van der Waals surface area contributed by atoms with Crippen molar-refractivity contribution in [1.29, 1.82) is 0 Å². The Morgan fingerprint density at radius 3 is 2.60 bits per heavy atom. The number of allylic oxidation sites excluding steroid dienone is 4. The van der Waals surface area contributed by atoms with Crippen LogP contribution in [0.4, 0.5) is 0 Å². The van der Waals surface area contributed by atoms with Crippen molar-refractivity contribution in [1.82, 2.24) is 0 Å². The average molecular weight is 323 g/mol. The molecule has 2 aromatic carbocycles. The minimum atomic E-state index is 0.0360. The van der Waals surface area contributed by atoms with Crippen LogP contribution in [-0.2, 0) is 0 Å². The summed E-state index contributed by atoms with van der Waals surface area (Å²) in [7, 11) is 0. The van der Waals surface area contributed by atoms with Gasteiger partial charge in [0.1, 0.15) is 0 Å². The first-order valence-corrected chi connectivity index (χ1v) is 7.71. The summed E-state index contributed by atoms with van der Waals surface area (Å²) in [5.74, 6) is 0. The molecule has 0 saturated heterocycles. The minimum absolute atomic E-state index is 0.0360. The number of hydrogen-bond acceptors (Lipinski definition) is 0. The molecule has 0 fully saturated rings. The van der Waals surface area contributed by atoms with Crippen LogP contribution in [0.5, 0.6) is 0 Å². The molecule has 1 heteroatoms. The van der Waals surface area contributed by atoms with E-state index in [1.54, 1.807) is 0 Å². The molecule has 0 atom stereocenters. The number of halogens is 1. The molecule has 0 radical (unpaired) electrons. The van der Waals surface area contributed by atoms with E-state index in [4.69, 9.17) is 0 Å².